The van der Waals surface area contributed by atoms with Crippen LogP contribution in [-0.4, -0.2) is 9.81 Å². The van der Waals surface area contributed by atoms with Gasteiger partial charge in [-0.2, -0.15) is 0 Å². The molecule has 1 heterocycles. The van der Waals surface area contributed by atoms with E-state index in [2.05, 4.69) is 0 Å². The Hall–Kier alpha value is -1.94. The van der Waals surface area contributed by atoms with E-state index in [1.165, 1.54) is 24.4 Å². The highest BCUT2D eigenvalue weighted by Gasteiger charge is 2.09. The average Bonchev–Trinajstić information content (AvgIpc) is 2.32. The van der Waals surface area contributed by atoms with Gasteiger partial charge in [-0.15, -0.1) is 0 Å². The van der Waals surface area contributed by atoms with Gasteiger partial charge in [-0.1, -0.05) is 6.07 Å². The molecule has 3 nitrogen and oxygen atoms in total. The number of carbonyl (C=O) groups is 1. The average molecular weight is 280 g/mol. The van der Waals surface area contributed by atoms with Crippen molar-refractivity contribution in [2.75, 3.05) is 0 Å². The van der Waals surface area contributed by atoms with Crippen molar-refractivity contribution < 1.29 is 9.18 Å². The fourth-order valence-electron chi connectivity index (χ4n) is 1.86. The summed E-state index contributed by atoms with van der Waals surface area (Å²) in [5.74, 6) is -0.370. The third-order valence-corrected chi connectivity index (χ3v) is 2.87. The van der Waals surface area contributed by atoms with Crippen LogP contribution < -0.4 is 5.43 Å². The largest absolute Gasteiger partial charge is 0.321 e. The van der Waals surface area contributed by atoms with Gasteiger partial charge in [-0.05, 0) is 36.7 Å². The molecule has 1 aromatic carbocycles. The molecule has 0 aliphatic heterocycles. The van der Waals surface area contributed by atoms with Crippen molar-refractivity contribution in [3.05, 3.63) is 63.8 Å². The van der Waals surface area contributed by atoms with Gasteiger partial charge in [-0.3, -0.25) is 9.59 Å². The van der Waals surface area contributed by atoms with Crippen molar-refractivity contribution in [3.8, 4) is 5.69 Å². The lowest BCUT2D eigenvalue weighted by Gasteiger charge is -2.12. The maximum Gasteiger partial charge on any atom is 0.226 e. The van der Waals surface area contributed by atoms with Crippen molar-refractivity contribution in [1.82, 2.24) is 4.57 Å². The number of nitrogens with zero attached hydrogens (tertiary/aromatic N) is 1. The summed E-state index contributed by atoms with van der Waals surface area (Å²) >= 11 is 5.30. The molecule has 0 radical (unpaired) electrons. The van der Waals surface area contributed by atoms with E-state index in [1.807, 2.05) is 0 Å². The Morgan fingerprint density at radius 1 is 1.37 bits per heavy atom. The summed E-state index contributed by atoms with van der Waals surface area (Å²) in [5, 5.41) is -0.605. The second-order valence-electron chi connectivity index (χ2n) is 4.19. The molecule has 0 spiro atoms. The summed E-state index contributed by atoms with van der Waals surface area (Å²) in [5.41, 5.74) is 1.27. The number of rotatable bonds is 3. The maximum atomic E-state index is 13.2. The molecule has 2 rings (SSSR count). The molecule has 0 bridgehead atoms. The molecular weight excluding hydrogens is 269 g/mol. The molecule has 2 aromatic rings. The molecule has 0 saturated carbocycles. The van der Waals surface area contributed by atoms with E-state index < -0.39 is 5.24 Å². The van der Waals surface area contributed by atoms with Crippen LogP contribution in [0.4, 0.5) is 4.39 Å². The minimum atomic E-state index is -0.605. The number of pyridine rings is 1. The predicted octanol–water partition coefficient (Wildman–Crippen LogP) is 2.59. The molecule has 0 saturated heterocycles. The maximum absolute atomic E-state index is 13.2. The topological polar surface area (TPSA) is 39.1 Å². The summed E-state index contributed by atoms with van der Waals surface area (Å²) in [6, 6.07) is 7.38. The molecule has 0 fully saturated rings. The zero-order chi connectivity index (χ0) is 14.0. The van der Waals surface area contributed by atoms with Gasteiger partial charge in [0.05, 0.1) is 6.42 Å². The highest BCUT2D eigenvalue weighted by atomic mass is 35.5. The SMILES string of the molecule is Cc1cc(=O)c(CC(=O)Cl)cn1-c1cccc(F)c1. The summed E-state index contributed by atoms with van der Waals surface area (Å²) in [6.07, 6.45) is 1.38. The molecule has 0 unspecified atom stereocenters. The van der Waals surface area contributed by atoms with Gasteiger partial charge in [0.15, 0.2) is 5.43 Å². The number of halogens is 2. The van der Waals surface area contributed by atoms with E-state index in [4.69, 9.17) is 11.6 Å². The fraction of sp³-hybridized carbons (Fsp3) is 0.143. The predicted molar refractivity (Wildman–Crippen MR) is 71.3 cm³/mol. The van der Waals surface area contributed by atoms with Crippen LogP contribution in [0.5, 0.6) is 0 Å². The van der Waals surface area contributed by atoms with E-state index in [-0.39, 0.29) is 23.2 Å². The molecule has 19 heavy (non-hydrogen) atoms. The van der Waals surface area contributed by atoms with E-state index in [0.717, 1.165) is 0 Å². The summed E-state index contributed by atoms with van der Waals surface area (Å²) in [6.45, 7) is 1.73. The molecular formula is C14H11ClFNO2. The Balaban J connectivity index is 2.57. The summed E-state index contributed by atoms with van der Waals surface area (Å²) < 4.78 is 14.9. The van der Waals surface area contributed by atoms with Crippen molar-refractivity contribution in [3.63, 3.8) is 0 Å². The number of aromatic nitrogens is 1. The normalized spacial score (nSPS) is 10.5. The van der Waals surface area contributed by atoms with Crippen LogP contribution in [0.3, 0.4) is 0 Å². The van der Waals surface area contributed by atoms with Crippen molar-refractivity contribution in [1.29, 1.82) is 0 Å². The van der Waals surface area contributed by atoms with Crippen LogP contribution in [0, 0.1) is 12.7 Å². The van der Waals surface area contributed by atoms with Gasteiger partial charge in [0, 0.05) is 29.2 Å². The minimum absolute atomic E-state index is 0.143. The van der Waals surface area contributed by atoms with Crippen LogP contribution in [0.25, 0.3) is 5.69 Å². The number of carbonyl (C=O) groups excluding carboxylic acids is 1. The molecule has 0 N–H and O–H groups in total. The Morgan fingerprint density at radius 2 is 2.11 bits per heavy atom. The third kappa shape index (κ3) is 3.09. The lowest BCUT2D eigenvalue weighted by atomic mass is 10.2. The highest BCUT2D eigenvalue weighted by molar-refractivity contribution is 6.63. The highest BCUT2D eigenvalue weighted by Crippen LogP contribution is 2.13. The molecule has 5 heteroatoms. The van der Waals surface area contributed by atoms with Gasteiger partial charge in [-0.25, -0.2) is 4.39 Å². The lowest BCUT2D eigenvalue weighted by Crippen LogP contribution is -2.16. The van der Waals surface area contributed by atoms with Gasteiger partial charge in [0.1, 0.15) is 5.82 Å². The van der Waals surface area contributed by atoms with Gasteiger partial charge < -0.3 is 4.57 Å². The number of aryl methyl sites for hydroxylation is 1. The second-order valence-corrected chi connectivity index (χ2v) is 4.61. The molecule has 0 atom stereocenters. The zero-order valence-electron chi connectivity index (χ0n) is 10.2. The molecule has 1 aromatic heterocycles. The second kappa shape index (κ2) is 5.36. The lowest BCUT2D eigenvalue weighted by molar-refractivity contribution is -0.111. The minimum Gasteiger partial charge on any atom is -0.321 e. The third-order valence-electron chi connectivity index (χ3n) is 2.74. The van der Waals surface area contributed by atoms with E-state index in [9.17, 15) is 14.0 Å². The zero-order valence-corrected chi connectivity index (χ0v) is 10.9. The molecule has 0 aliphatic rings. The molecule has 0 amide bonds. The van der Waals surface area contributed by atoms with Crippen molar-refractivity contribution in [2.24, 2.45) is 0 Å². The first-order valence-electron chi connectivity index (χ1n) is 5.64. The fourth-order valence-corrected chi connectivity index (χ4v) is 2.00. The van der Waals surface area contributed by atoms with Crippen LogP contribution in [0.1, 0.15) is 11.3 Å². The van der Waals surface area contributed by atoms with Gasteiger partial charge >= 0.3 is 0 Å². The Labute approximate surface area is 114 Å². The van der Waals surface area contributed by atoms with E-state index in [0.29, 0.717) is 11.4 Å². The first-order valence-corrected chi connectivity index (χ1v) is 6.01. The first-order chi connectivity index (χ1) is 8.97. The smallest absolute Gasteiger partial charge is 0.226 e. The van der Waals surface area contributed by atoms with Crippen molar-refractivity contribution >= 4 is 16.8 Å². The standard InChI is InChI=1S/C14H11ClFNO2/c1-9-5-13(18)10(6-14(15)19)8-17(9)12-4-2-3-11(16)7-12/h2-5,7-8H,6H2,1H3. The van der Waals surface area contributed by atoms with Crippen LogP contribution in [-0.2, 0) is 11.2 Å². The van der Waals surface area contributed by atoms with Crippen LogP contribution >= 0.6 is 11.6 Å². The van der Waals surface area contributed by atoms with Crippen LogP contribution in [0.2, 0.25) is 0 Å². The summed E-state index contributed by atoms with van der Waals surface area (Å²) in [7, 11) is 0. The number of benzene rings is 1. The summed E-state index contributed by atoms with van der Waals surface area (Å²) in [4.78, 5) is 22.6. The Morgan fingerprint density at radius 3 is 2.74 bits per heavy atom. The monoisotopic (exact) mass is 279 g/mol. The number of hydrogen-bond donors (Lipinski definition) is 0. The van der Waals surface area contributed by atoms with Gasteiger partial charge in [0.2, 0.25) is 5.24 Å². The first kappa shape index (κ1) is 13.5. The molecule has 0 aliphatic carbocycles. The number of hydrogen-bond acceptors (Lipinski definition) is 2. The quantitative estimate of drug-likeness (QED) is 0.810. The molecule has 98 valence electrons. The van der Waals surface area contributed by atoms with E-state index in [1.54, 1.807) is 23.6 Å². The van der Waals surface area contributed by atoms with E-state index >= 15 is 0 Å². The Kier molecular flexibility index (Phi) is 3.81. The van der Waals surface area contributed by atoms with Crippen LogP contribution in [0.15, 0.2) is 41.3 Å². The van der Waals surface area contributed by atoms with Crippen molar-refractivity contribution in [2.45, 2.75) is 13.3 Å². The Bertz CT molecular complexity index is 694. The van der Waals surface area contributed by atoms with Gasteiger partial charge in [0.25, 0.3) is 0 Å².